The van der Waals surface area contributed by atoms with Crippen LogP contribution < -0.4 is 15.5 Å². The molecule has 1 aliphatic heterocycles. The van der Waals surface area contributed by atoms with Crippen molar-refractivity contribution in [2.45, 2.75) is 51.0 Å². The van der Waals surface area contributed by atoms with Crippen LogP contribution in [0.15, 0.2) is 0 Å². The summed E-state index contributed by atoms with van der Waals surface area (Å²) < 4.78 is 0. The Hall–Kier alpha value is -1.59. The van der Waals surface area contributed by atoms with Crippen molar-refractivity contribution in [2.24, 2.45) is 5.92 Å². The van der Waals surface area contributed by atoms with E-state index in [-0.39, 0.29) is 0 Å². The van der Waals surface area contributed by atoms with E-state index in [0.717, 1.165) is 37.4 Å². The largest absolute Gasteiger partial charge is 0.368 e. The van der Waals surface area contributed by atoms with Crippen molar-refractivity contribution >= 4 is 17.8 Å². The number of nitrogen functional groups attached to an aromatic ring is 1. The molecule has 6 heteroatoms. The van der Waals surface area contributed by atoms with Crippen LogP contribution in [0.5, 0.6) is 0 Å². The van der Waals surface area contributed by atoms with E-state index in [9.17, 15) is 0 Å². The van der Waals surface area contributed by atoms with Gasteiger partial charge in [0.05, 0.1) is 0 Å². The maximum atomic E-state index is 5.96. The standard InChI is InChI=1S/C15H24N6/c16-13-17-14(20-8-2-1-3-9-20)19-15(18-13)21(12-6-7-12)10-11-4-5-11/h11-12H,1-10H2,(H2,16,17,18,19). The van der Waals surface area contributed by atoms with Crippen LogP contribution in [0, 0.1) is 5.92 Å². The number of anilines is 3. The average Bonchev–Trinajstić information content (AvgIpc) is 3.38. The molecule has 2 N–H and O–H groups in total. The molecule has 0 unspecified atom stereocenters. The molecule has 1 saturated heterocycles. The third kappa shape index (κ3) is 3.04. The molecule has 2 aliphatic carbocycles. The Bertz CT molecular complexity index is 505. The Balaban J connectivity index is 1.59. The number of piperidine rings is 1. The zero-order valence-corrected chi connectivity index (χ0v) is 12.5. The molecule has 0 bridgehead atoms. The maximum absolute atomic E-state index is 5.96. The van der Waals surface area contributed by atoms with Crippen molar-refractivity contribution < 1.29 is 0 Å². The van der Waals surface area contributed by atoms with Gasteiger partial charge in [0.25, 0.3) is 0 Å². The zero-order valence-electron chi connectivity index (χ0n) is 12.5. The van der Waals surface area contributed by atoms with Crippen LogP contribution in [0.4, 0.5) is 17.8 Å². The Morgan fingerprint density at radius 1 is 1.00 bits per heavy atom. The molecule has 6 nitrogen and oxygen atoms in total. The molecule has 2 heterocycles. The molecule has 114 valence electrons. The van der Waals surface area contributed by atoms with E-state index in [2.05, 4.69) is 19.8 Å². The number of nitrogens with two attached hydrogens (primary N) is 1. The van der Waals surface area contributed by atoms with Gasteiger partial charge in [0.1, 0.15) is 0 Å². The van der Waals surface area contributed by atoms with E-state index in [0.29, 0.717) is 12.0 Å². The van der Waals surface area contributed by atoms with Gasteiger partial charge in [-0.25, -0.2) is 0 Å². The molecule has 21 heavy (non-hydrogen) atoms. The zero-order chi connectivity index (χ0) is 14.2. The molecule has 1 aromatic heterocycles. The second-order valence-electron chi connectivity index (χ2n) is 6.67. The normalized spacial score (nSPS) is 22.4. The average molecular weight is 288 g/mol. The van der Waals surface area contributed by atoms with E-state index >= 15 is 0 Å². The fraction of sp³-hybridized carbons (Fsp3) is 0.800. The van der Waals surface area contributed by atoms with Crippen LogP contribution in [0.1, 0.15) is 44.9 Å². The Kier molecular flexibility index (Phi) is 3.31. The van der Waals surface area contributed by atoms with Crippen LogP contribution >= 0.6 is 0 Å². The van der Waals surface area contributed by atoms with E-state index in [1.807, 2.05) is 0 Å². The van der Waals surface area contributed by atoms with Crippen LogP contribution in [0.2, 0.25) is 0 Å². The van der Waals surface area contributed by atoms with Gasteiger partial charge in [-0.15, -0.1) is 0 Å². The number of hydrogen-bond acceptors (Lipinski definition) is 6. The van der Waals surface area contributed by atoms with Crippen LogP contribution in [-0.2, 0) is 0 Å². The fourth-order valence-electron chi connectivity index (χ4n) is 3.09. The summed E-state index contributed by atoms with van der Waals surface area (Å²) in [6, 6.07) is 0.626. The molecule has 3 fully saturated rings. The quantitative estimate of drug-likeness (QED) is 0.891. The predicted molar refractivity (Wildman–Crippen MR) is 83.4 cm³/mol. The topological polar surface area (TPSA) is 71.2 Å². The van der Waals surface area contributed by atoms with Gasteiger partial charge >= 0.3 is 0 Å². The van der Waals surface area contributed by atoms with Crippen molar-refractivity contribution in [3.8, 4) is 0 Å². The highest BCUT2D eigenvalue weighted by Crippen LogP contribution is 2.37. The Morgan fingerprint density at radius 2 is 1.76 bits per heavy atom. The van der Waals surface area contributed by atoms with E-state index in [1.165, 1.54) is 44.9 Å². The summed E-state index contributed by atoms with van der Waals surface area (Å²) in [5.74, 6) is 2.78. The van der Waals surface area contributed by atoms with Crippen molar-refractivity contribution in [1.82, 2.24) is 15.0 Å². The van der Waals surface area contributed by atoms with E-state index < -0.39 is 0 Å². The van der Waals surface area contributed by atoms with Crippen molar-refractivity contribution in [1.29, 1.82) is 0 Å². The van der Waals surface area contributed by atoms with Crippen LogP contribution in [0.3, 0.4) is 0 Å². The predicted octanol–water partition coefficient (Wildman–Crippen LogP) is 1.82. The highest BCUT2D eigenvalue weighted by Gasteiger charge is 2.35. The molecule has 0 atom stereocenters. The lowest BCUT2D eigenvalue weighted by Crippen LogP contribution is -2.34. The van der Waals surface area contributed by atoms with Crippen molar-refractivity contribution in [3.05, 3.63) is 0 Å². The van der Waals surface area contributed by atoms with Gasteiger partial charge in [-0.2, -0.15) is 15.0 Å². The van der Waals surface area contributed by atoms with Gasteiger partial charge in [0, 0.05) is 25.7 Å². The molecular formula is C15H24N6. The fourth-order valence-corrected chi connectivity index (χ4v) is 3.09. The minimum atomic E-state index is 0.363. The second-order valence-corrected chi connectivity index (χ2v) is 6.67. The van der Waals surface area contributed by atoms with E-state index in [1.54, 1.807) is 0 Å². The van der Waals surface area contributed by atoms with Gasteiger partial charge in [-0.05, 0) is 50.9 Å². The molecule has 1 aromatic rings. The smallest absolute Gasteiger partial charge is 0.232 e. The summed E-state index contributed by atoms with van der Waals surface area (Å²) in [7, 11) is 0. The van der Waals surface area contributed by atoms with Gasteiger partial charge < -0.3 is 15.5 Å². The molecule has 2 saturated carbocycles. The van der Waals surface area contributed by atoms with Crippen molar-refractivity contribution in [3.63, 3.8) is 0 Å². The second kappa shape index (κ2) is 5.31. The molecule has 3 aliphatic rings. The molecular weight excluding hydrogens is 264 g/mol. The maximum Gasteiger partial charge on any atom is 0.232 e. The summed E-state index contributed by atoms with van der Waals surface area (Å²) in [4.78, 5) is 18.2. The Labute approximate surface area is 125 Å². The van der Waals surface area contributed by atoms with Gasteiger partial charge in [0.2, 0.25) is 17.8 Å². The lowest BCUT2D eigenvalue weighted by molar-refractivity contribution is 0.566. The summed E-state index contributed by atoms with van der Waals surface area (Å²) in [6.45, 7) is 3.16. The molecule has 0 spiro atoms. The van der Waals surface area contributed by atoms with E-state index in [4.69, 9.17) is 10.7 Å². The van der Waals surface area contributed by atoms with Crippen LogP contribution in [0.25, 0.3) is 0 Å². The first-order valence-corrected chi connectivity index (χ1v) is 8.33. The first-order valence-electron chi connectivity index (χ1n) is 8.33. The van der Waals surface area contributed by atoms with Crippen LogP contribution in [-0.4, -0.2) is 40.6 Å². The number of hydrogen-bond donors (Lipinski definition) is 1. The van der Waals surface area contributed by atoms with Gasteiger partial charge in [-0.3, -0.25) is 0 Å². The first-order chi connectivity index (χ1) is 10.3. The molecule has 0 amide bonds. The van der Waals surface area contributed by atoms with Gasteiger partial charge in [0.15, 0.2) is 0 Å². The minimum absolute atomic E-state index is 0.363. The lowest BCUT2D eigenvalue weighted by atomic mass is 10.1. The van der Waals surface area contributed by atoms with Crippen molar-refractivity contribution in [2.75, 3.05) is 35.2 Å². The van der Waals surface area contributed by atoms with Gasteiger partial charge in [-0.1, -0.05) is 0 Å². The highest BCUT2D eigenvalue weighted by molar-refractivity contribution is 5.45. The Morgan fingerprint density at radius 3 is 2.43 bits per heavy atom. The molecule has 4 rings (SSSR count). The number of aromatic nitrogens is 3. The lowest BCUT2D eigenvalue weighted by Gasteiger charge is -2.28. The minimum Gasteiger partial charge on any atom is -0.368 e. The summed E-state index contributed by atoms with van der Waals surface area (Å²) in [5, 5.41) is 0. The number of rotatable bonds is 5. The summed E-state index contributed by atoms with van der Waals surface area (Å²) >= 11 is 0. The molecule has 0 aromatic carbocycles. The first kappa shape index (κ1) is 13.1. The highest BCUT2D eigenvalue weighted by atomic mass is 15.4. The third-order valence-corrected chi connectivity index (χ3v) is 4.66. The SMILES string of the molecule is Nc1nc(N2CCCCC2)nc(N(CC2CC2)C2CC2)n1. The summed E-state index contributed by atoms with van der Waals surface area (Å²) in [5.41, 5.74) is 5.96. The third-order valence-electron chi connectivity index (χ3n) is 4.66. The molecule has 0 radical (unpaired) electrons. The monoisotopic (exact) mass is 288 g/mol. The summed E-state index contributed by atoms with van der Waals surface area (Å²) in [6.07, 6.45) is 8.96. The number of nitrogens with zero attached hydrogens (tertiary/aromatic N) is 5.